The van der Waals surface area contributed by atoms with Crippen molar-refractivity contribution in [2.45, 2.75) is 13.5 Å². The summed E-state index contributed by atoms with van der Waals surface area (Å²) in [4.78, 5) is 17.2. The maximum atomic E-state index is 12.6. The predicted octanol–water partition coefficient (Wildman–Crippen LogP) is 2.60. The average molecular weight is 355 g/mol. The van der Waals surface area contributed by atoms with Crippen LogP contribution < -0.4 is 19.5 Å². The molecule has 0 saturated carbocycles. The average Bonchev–Trinajstić information content (AvgIpc) is 3.09. The van der Waals surface area contributed by atoms with Gasteiger partial charge in [0.1, 0.15) is 5.65 Å². The van der Waals surface area contributed by atoms with Crippen LogP contribution in [-0.2, 0) is 6.54 Å². The van der Waals surface area contributed by atoms with Crippen molar-refractivity contribution in [1.29, 1.82) is 0 Å². The van der Waals surface area contributed by atoms with E-state index in [0.717, 1.165) is 16.9 Å². The van der Waals surface area contributed by atoms with Crippen LogP contribution >= 0.6 is 0 Å². The lowest BCUT2D eigenvalue weighted by Gasteiger charge is -2.15. The molecule has 26 heavy (non-hydrogen) atoms. The number of benzene rings is 1. The Bertz CT molecular complexity index is 949. The molecule has 0 spiro atoms. The Kier molecular flexibility index (Phi) is 4.97. The zero-order valence-electron chi connectivity index (χ0n) is 15.2. The van der Waals surface area contributed by atoms with Crippen molar-refractivity contribution in [1.82, 2.24) is 14.7 Å². The van der Waals surface area contributed by atoms with Crippen LogP contribution in [0, 0.1) is 6.92 Å². The maximum Gasteiger partial charge on any atom is 0.255 e. The normalized spacial score (nSPS) is 10.6. The first-order valence-corrected chi connectivity index (χ1v) is 8.09. The Morgan fingerprint density at radius 1 is 1.12 bits per heavy atom. The molecule has 1 aromatic carbocycles. The SMILES string of the molecule is COc1ccc(C(=O)NCc2cn3cccc(C)c3n2)c(OC)c1OC. The molecule has 7 nitrogen and oxygen atoms in total. The van der Waals surface area contributed by atoms with Crippen molar-refractivity contribution in [3.63, 3.8) is 0 Å². The first kappa shape index (κ1) is 17.6. The number of nitrogens with zero attached hydrogens (tertiary/aromatic N) is 2. The number of fused-ring (bicyclic) bond motifs is 1. The van der Waals surface area contributed by atoms with E-state index in [1.165, 1.54) is 21.3 Å². The number of rotatable bonds is 6. The predicted molar refractivity (Wildman–Crippen MR) is 97.2 cm³/mol. The Morgan fingerprint density at radius 2 is 1.88 bits per heavy atom. The number of carbonyl (C=O) groups is 1. The van der Waals surface area contributed by atoms with Crippen LogP contribution in [0.15, 0.2) is 36.7 Å². The van der Waals surface area contributed by atoms with Crippen LogP contribution in [0.2, 0.25) is 0 Å². The largest absolute Gasteiger partial charge is 0.493 e. The molecule has 2 heterocycles. The minimum atomic E-state index is -0.281. The quantitative estimate of drug-likeness (QED) is 0.736. The number of aromatic nitrogens is 2. The highest BCUT2D eigenvalue weighted by atomic mass is 16.5. The summed E-state index contributed by atoms with van der Waals surface area (Å²) < 4.78 is 17.9. The number of hydrogen-bond acceptors (Lipinski definition) is 5. The molecule has 0 aliphatic heterocycles. The fourth-order valence-electron chi connectivity index (χ4n) is 2.84. The zero-order chi connectivity index (χ0) is 18.7. The topological polar surface area (TPSA) is 74.1 Å². The number of pyridine rings is 1. The maximum absolute atomic E-state index is 12.6. The van der Waals surface area contributed by atoms with Gasteiger partial charge in [0.05, 0.1) is 39.1 Å². The molecule has 0 radical (unpaired) electrons. The monoisotopic (exact) mass is 355 g/mol. The molecule has 0 bridgehead atoms. The van der Waals surface area contributed by atoms with Crippen molar-refractivity contribution in [2.24, 2.45) is 0 Å². The van der Waals surface area contributed by atoms with E-state index in [0.29, 0.717) is 29.4 Å². The fourth-order valence-corrected chi connectivity index (χ4v) is 2.84. The van der Waals surface area contributed by atoms with Gasteiger partial charge in [-0.05, 0) is 30.7 Å². The first-order valence-electron chi connectivity index (χ1n) is 8.09. The van der Waals surface area contributed by atoms with Crippen LogP contribution in [0.5, 0.6) is 17.2 Å². The summed E-state index contributed by atoms with van der Waals surface area (Å²) in [5.74, 6) is 0.925. The van der Waals surface area contributed by atoms with E-state index < -0.39 is 0 Å². The molecule has 3 rings (SSSR count). The van der Waals surface area contributed by atoms with E-state index >= 15 is 0 Å². The zero-order valence-corrected chi connectivity index (χ0v) is 15.2. The number of aryl methyl sites for hydroxylation is 1. The molecular formula is C19H21N3O4. The van der Waals surface area contributed by atoms with Crippen LogP contribution in [-0.4, -0.2) is 36.6 Å². The third-order valence-electron chi connectivity index (χ3n) is 4.11. The van der Waals surface area contributed by atoms with Crippen molar-refractivity contribution in [3.8, 4) is 17.2 Å². The Balaban J connectivity index is 1.82. The molecule has 0 saturated heterocycles. The minimum absolute atomic E-state index is 0.281. The second-order valence-electron chi connectivity index (χ2n) is 5.72. The van der Waals surface area contributed by atoms with Crippen LogP contribution in [0.3, 0.4) is 0 Å². The van der Waals surface area contributed by atoms with Crippen molar-refractivity contribution in [3.05, 3.63) is 53.5 Å². The second kappa shape index (κ2) is 7.35. The summed E-state index contributed by atoms with van der Waals surface area (Å²) in [6.07, 6.45) is 3.83. The molecule has 0 atom stereocenters. The molecular weight excluding hydrogens is 334 g/mol. The summed E-state index contributed by atoms with van der Waals surface area (Å²) in [7, 11) is 4.52. The summed E-state index contributed by atoms with van der Waals surface area (Å²) in [5, 5.41) is 2.87. The van der Waals surface area contributed by atoms with Crippen molar-refractivity contribution < 1.29 is 19.0 Å². The highest BCUT2D eigenvalue weighted by Gasteiger charge is 2.20. The number of ether oxygens (including phenoxy) is 3. The lowest BCUT2D eigenvalue weighted by atomic mass is 10.1. The van der Waals surface area contributed by atoms with Gasteiger partial charge in [-0.15, -0.1) is 0 Å². The highest BCUT2D eigenvalue weighted by molar-refractivity contribution is 5.98. The molecule has 0 aliphatic rings. The van der Waals surface area contributed by atoms with Gasteiger partial charge in [-0.2, -0.15) is 0 Å². The lowest BCUT2D eigenvalue weighted by Crippen LogP contribution is -2.23. The lowest BCUT2D eigenvalue weighted by molar-refractivity contribution is 0.0946. The molecule has 0 unspecified atom stereocenters. The Labute approximate surface area is 151 Å². The second-order valence-corrected chi connectivity index (χ2v) is 5.72. The third kappa shape index (κ3) is 3.15. The van der Waals surface area contributed by atoms with Crippen LogP contribution in [0.25, 0.3) is 5.65 Å². The number of nitrogens with one attached hydrogen (secondary N) is 1. The van der Waals surface area contributed by atoms with E-state index in [-0.39, 0.29) is 5.91 Å². The van der Waals surface area contributed by atoms with E-state index in [1.807, 2.05) is 35.9 Å². The Hall–Kier alpha value is -3.22. The molecule has 0 fully saturated rings. The van der Waals surface area contributed by atoms with E-state index in [9.17, 15) is 4.79 Å². The van der Waals surface area contributed by atoms with Gasteiger partial charge in [0.15, 0.2) is 11.5 Å². The molecule has 136 valence electrons. The number of methoxy groups -OCH3 is 3. The number of amides is 1. The fraction of sp³-hybridized carbons (Fsp3) is 0.263. The van der Waals surface area contributed by atoms with E-state index in [1.54, 1.807) is 12.1 Å². The molecule has 0 aliphatic carbocycles. The van der Waals surface area contributed by atoms with E-state index in [4.69, 9.17) is 14.2 Å². The summed E-state index contributed by atoms with van der Waals surface area (Å²) in [5.41, 5.74) is 3.09. The Morgan fingerprint density at radius 3 is 2.54 bits per heavy atom. The first-order chi connectivity index (χ1) is 12.6. The highest BCUT2D eigenvalue weighted by Crippen LogP contribution is 2.39. The van der Waals surface area contributed by atoms with Gasteiger partial charge in [-0.1, -0.05) is 6.07 Å². The van der Waals surface area contributed by atoms with E-state index in [2.05, 4.69) is 10.3 Å². The number of hydrogen-bond donors (Lipinski definition) is 1. The molecule has 2 aromatic heterocycles. The van der Waals surface area contributed by atoms with Gasteiger partial charge in [-0.25, -0.2) is 4.98 Å². The van der Waals surface area contributed by atoms with Gasteiger partial charge < -0.3 is 23.9 Å². The van der Waals surface area contributed by atoms with Gasteiger partial charge in [0, 0.05) is 12.4 Å². The summed E-state index contributed by atoms with van der Waals surface area (Å²) in [6.45, 7) is 2.30. The van der Waals surface area contributed by atoms with Crippen molar-refractivity contribution >= 4 is 11.6 Å². The van der Waals surface area contributed by atoms with Gasteiger partial charge >= 0.3 is 0 Å². The summed E-state index contributed by atoms with van der Waals surface area (Å²) >= 11 is 0. The number of imidazole rings is 1. The minimum Gasteiger partial charge on any atom is -0.493 e. The smallest absolute Gasteiger partial charge is 0.255 e. The summed E-state index contributed by atoms with van der Waals surface area (Å²) in [6, 6.07) is 7.27. The van der Waals surface area contributed by atoms with Crippen molar-refractivity contribution in [2.75, 3.05) is 21.3 Å². The van der Waals surface area contributed by atoms with Crippen LogP contribution in [0.1, 0.15) is 21.6 Å². The molecule has 1 amide bonds. The third-order valence-corrected chi connectivity index (χ3v) is 4.11. The molecule has 1 N–H and O–H groups in total. The molecule has 3 aromatic rings. The standard InChI is InChI=1S/C19H21N3O4/c1-12-6-5-9-22-11-13(21-18(12)22)10-20-19(23)14-7-8-15(24-2)17(26-4)16(14)25-3/h5-9,11H,10H2,1-4H3,(H,20,23). The number of carbonyl (C=O) groups excluding carboxylic acids is 1. The van der Waals surface area contributed by atoms with Gasteiger partial charge in [0.25, 0.3) is 5.91 Å². The van der Waals surface area contributed by atoms with Gasteiger partial charge in [-0.3, -0.25) is 4.79 Å². The van der Waals surface area contributed by atoms with Gasteiger partial charge in [0.2, 0.25) is 5.75 Å². The molecule has 7 heteroatoms. The van der Waals surface area contributed by atoms with Crippen LogP contribution in [0.4, 0.5) is 0 Å².